The monoisotopic (exact) mass is 357 g/mol. The van der Waals surface area contributed by atoms with E-state index >= 15 is 0 Å². The number of aromatic nitrogens is 1. The second kappa shape index (κ2) is 5.28. The smallest absolute Gasteiger partial charge is 0.273 e. The largest absolute Gasteiger partial charge is 0.278 e. The number of anilines is 1. The van der Waals surface area contributed by atoms with E-state index in [-0.39, 0.29) is 15.5 Å². The lowest BCUT2D eigenvalue weighted by Crippen LogP contribution is -2.12. The zero-order valence-corrected chi connectivity index (χ0v) is 12.9. The minimum absolute atomic E-state index is 0.122. The maximum Gasteiger partial charge on any atom is 0.273 e. The average Bonchev–Trinajstić information content (AvgIpc) is 2.79. The predicted octanol–water partition coefficient (Wildman–Crippen LogP) is 2.89. The van der Waals surface area contributed by atoms with Crippen molar-refractivity contribution >= 4 is 43.0 Å². The van der Waals surface area contributed by atoms with Crippen LogP contribution in [0.1, 0.15) is 10.6 Å². The molecule has 0 saturated heterocycles. The third-order valence-corrected chi connectivity index (χ3v) is 5.44. The number of nitrogens with zero attached hydrogens (tertiary/aromatic N) is 2. The van der Waals surface area contributed by atoms with Gasteiger partial charge in [0.1, 0.15) is 6.07 Å². The van der Waals surface area contributed by atoms with E-state index in [1.807, 2.05) is 6.07 Å². The average molecular weight is 358 g/mol. The van der Waals surface area contributed by atoms with Gasteiger partial charge in [0.25, 0.3) is 10.0 Å². The molecule has 1 aromatic carbocycles. The summed E-state index contributed by atoms with van der Waals surface area (Å²) in [5.74, 6) is 0. The number of nitrogens with one attached hydrogen (secondary N) is 1. The molecule has 0 radical (unpaired) electrons. The van der Waals surface area contributed by atoms with Crippen LogP contribution in [0.25, 0.3) is 0 Å². The summed E-state index contributed by atoms with van der Waals surface area (Å²) in [6, 6.07) is 6.70. The molecule has 0 fully saturated rings. The number of thiazole rings is 1. The molecule has 19 heavy (non-hydrogen) atoms. The highest BCUT2D eigenvalue weighted by molar-refractivity contribution is 9.10. The Bertz CT molecular complexity index is 762. The van der Waals surface area contributed by atoms with E-state index in [2.05, 4.69) is 25.6 Å². The molecule has 0 aliphatic rings. The van der Waals surface area contributed by atoms with E-state index < -0.39 is 10.0 Å². The minimum atomic E-state index is -3.70. The summed E-state index contributed by atoms with van der Waals surface area (Å²) in [6.45, 7) is 1.73. The fourth-order valence-electron chi connectivity index (χ4n) is 1.36. The lowest BCUT2D eigenvalue weighted by molar-refractivity contribution is 0.603. The maximum atomic E-state index is 12.1. The molecular formula is C11H8BrN3O2S2. The number of aryl methyl sites for hydroxylation is 1. The standard InChI is InChI=1S/C11H8BrN3O2S2/c1-7-14-6-11(18-7)19(16,17)15-10-3-2-9(12)4-8(10)5-13/h2-4,6,15H,1H3. The second-order valence-corrected chi connectivity index (χ2v) is 7.67. The Morgan fingerprint density at radius 3 is 2.79 bits per heavy atom. The zero-order chi connectivity index (χ0) is 14.0. The Hall–Kier alpha value is -1.43. The van der Waals surface area contributed by atoms with Gasteiger partial charge in [-0.2, -0.15) is 5.26 Å². The summed E-state index contributed by atoms with van der Waals surface area (Å²) in [5, 5.41) is 9.66. The zero-order valence-electron chi connectivity index (χ0n) is 9.71. The van der Waals surface area contributed by atoms with Crippen molar-refractivity contribution in [2.75, 3.05) is 4.72 Å². The Labute approximate surface area is 123 Å². The predicted molar refractivity (Wildman–Crippen MR) is 76.5 cm³/mol. The Morgan fingerprint density at radius 1 is 1.47 bits per heavy atom. The Morgan fingerprint density at radius 2 is 2.21 bits per heavy atom. The van der Waals surface area contributed by atoms with E-state index in [9.17, 15) is 8.42 Å². The van der Waals surface area contributed by atoms with Crippen LogP contribution >= 0.6 is 27.3 Å². The normalized spacial score (nSPS) is 11.0. The fraction of sp³-hybridized carbons (Fsp3) is 0.0909. The lowest BCUT2D eigenvalue weighted by Gasteiger charge is -2.07. The molecular weight excluding hydrogens is 350 g/mol. The quantitative estimate of drug-likeness (QED) is 0.915. The molecule has 2 aromatic rings. The number of benzene rings is 1. The van der Waals surface area contributed by atoms with E-state index in [0.29, 0.717) is 9.48 Å². The fourth-order valence-corrected chi connectivity index (χ4v) is 3.91. The van der Waals surface area contributed by atoms with Crippen LogP contribution in [0.5, 0.6) is 0 Å². The highest BCUT2D eigenvalue weighted by Crippen LogP contribution is 2.25. The molecule has 0 aliphatic carbocycles. The minimum Gasteiger partial charge on any atom is -0.278 e. The first kappa shape index (κ1) is 14.0. The van der Waals surface area contributed by atoms with Crippen molar-refractivity contribution in [3.8, 4) is 6.07 Å². The van der Waals surface area contributed by atoms with Gasteiger partial charge in [0, 0.05) is 4.47 Å². The molecule has 0 atom stereocenters. The van der Waals surface area contributed by atoms with E-state index in [4.69, 9.17) is 5.26 Å². The molecule has 1 N–H and O–H groups in total. The van der Waals surface area contributed by atoms with Gasteiger partial charge in [-0.1, -0.05) is 15.9 Å². The third-order valence-electron chi connectivity index (χ3n) is 2.21. The van der Waals surface area contributed by atoms with Gasteiger partial charge in [0.2, 0.25) is 0 Å². The van der Waals surface area contributed by atoms with E-state index in [0.717, 1.165) is 11.3 Å². The van der Waals surface area contributed by atoms with Crippen molar-refractivity contribution in [2.45, 2.75) is 11.1 Å². The number of hydrogen-bond acceptors (Lipinski definition) is 5. The van der Waals surface area contributed by atoms with E-state index in [1.54, 1.807) is 19.1 Å². The summed E-state index contributed by atoms with van der Waals surface area (Å²) in [4.78, 5) is 3.91. The van der Waals surface area contributed by atoms with Crippen molar-refractivity contribution in [3.63, 3.8) is 0 Å². The van der Waals surface area contributed by atoms with Crippen LogP contribution in [0.15, 0.2) is 33.1 Å². The SMILES string of the molecule is Cc1ncc(S(=O)(=O)Nc2ccc(Br)cc2C#N)s1. The van der Waals surface area contributed by atoms with Gasteiger partial charge < -0.3 is 0 Å². The number of rotatable bonds is 3. The Kier molecular flexibility index (Phi) is 3.89. The second-order valence-electron chi connectivity index (χ2n) is 3.61. The summed E-state index contributed by atoms with van der Waals surface area (Å²) >= 11 is 4.31. The Balaban J connectivity index is 2.39. The van der Waals surface area contributed by atoms with Gasteiger partial charge in [-0.25, -0.2) is 13.4 Å². The first-order valence-corrected chi connectivity index (χ1v) is 8.16. The molecule has 0 bridgehead atoms. The van der Waals surface area contributed by atoms with Gasteiger partial charge in [0.15, 0.2) is 4.21 Å². The van der Waals surface area contributed by atoms with Crippen LogP contribution in [-0.2, 0) is 10.0 Å². The number of sulfonamides is 1. The molecule has 1 aromatic heterocycles. The highest BCUT2D eigenvalue weighted by Gasteiger charge is 2.18. The molecule has 0 unspecified atom stereocenters. The molecule has 5 nitrogen and oxygen atoms in total. The van der Waals surface area contributed by atoms with Crippen LogP contribution in [-0.4, -0.2) is 13.4 Å². The first-order chi connectivity index (χ1) is 8.92. The molecule has 0 aliphatic heterocycles. The molecule has 98 valence electrons. The van der Waals surface area contributed by atoms with Gasteiger partial charge >= 0.3 is 0 Å². The lowest BCUT2D eigenvalue weighted by atomic mass is 10.2. The molecule has 0 spiro atoms. The van der Waals surface area contributed by atoms with Crippen molar-refractivity contribution in [1.29, 1.82) is 5.26 Å². The van der Waals surface area contributed by atoms with Gasteiger partial charge in [-0.15, -0.1) is 11.3 Å². The van der Waals surface area contributed by atoms with Crippen LogP contribution < -0.4 is 4.72 Å². The molecule has 8 heteroatoms. The number of halogens is 1. The number of nitriles is 1. The topological polar surface area (TPSA) is 82.8 Å². The third kappa shape index (κ3) is 3.12. The summed E-state index contributed by atoms with van der Waals surface area (Å²) in [5.41, 5.74) is 0.496. The summed E-state index contributed by atoms with van der Waals surface area (Å²) < 4.78 is 27.4. The van der Waals surface area contributed by atoms with Crippen molar-refractivity contribution in [3.05, 3.63) is 39.4 Å². The summed E-state index contributed by atoms with van der Waals surface area (Å²) in [6.07, 6.45) is 1.30. The van der Waals surface area contributed by atoms with Crippen LogP contribution in [0.2, 0.25) is 0 Å². The van der Waals surface area contributed by atoms with Crippen LogP contribution in [0.3, 0.4) is 0 Å². The van der Waals surface area contributed by atoms with Gasteiger partial charge in [-0.05, 0) is 25.1 Å². The van der Waals surface area contributed by atoms with Gasteiger partial charge in [0.05, 0.1) is 22.5 Å². The van der Waals surface area contributed by atoms with Gasteiger partial charge in [-0.3, -0.25) is 4.72 Å². The van der Waals surface area contributed by atoms with Crippen molar-refractivity contribution < 1.29 is 8.42 Å². The summed E-state index contributed by atoms with van der Waals surface area (Å²) in [7, 11) is -3.70. The number of hydrogen-bond donors (Lipinski definition) is 1. The maximum absolute atomic E-state index is 12.1. The van der Waals surface area contributed by atoms with E-state index in [1.165, 1.54) is 12.3 Å². The highest BCUT2D eigenvalue weighted by atomic mass is 79.9. The first-order valence-electron chi connectivity index (χ1n) is 5.07. The molecule has 0 saturated carbocycles. The molecule has 1 heterocycles. The van der Waals surface area contributed by atoms with Crippen molar-refractivity contribution in [1.82, 2.24) is 4.98 Å². The van der Waals surface area contributed by atoms with Crippen molar-refractivity contribution in [2.24, 2.45) is 0 Å². The van der Waals surface area contributed by atoms with Crippen LogP contribution in [0, 0.1) is 18.3 Å². The molecule has 0 amide bonds. The molecule has 2 rings (SSSR count). The van der Waals surface area contributed by atoms with Crippen LogP contribution in [0.4, 0.5) is 5.69 Å².